The third-order valence-corrected chi connectivity index (χ3v) is 3.97. The van der Waals surface area contributed by atoms with Crippen molar-refractivity contribution in [2.24, 2.45) is 0 Å². The van der Waals surface area contributed by atoms with Gasteiger partial charge in [-0.3, -0.25) is 4.79 Å². The molecule has 0 atom stereocenters. The Hall–Kier alpha value is -2.54. The molecule has 0 aliphatic carbocycles. The maximum absolute atomic E-state index is 12.2. The molecule has 1 aromatic carbocycles. The van der Waals surface area contributed by atoms with Crippen LogP contribution in [0, 0.1) is 6.92 Å². The van der Waals surface area contributed by atoms with Gasteiger partial charge in [0.15, 0.2) is 0 Å². The summed E-state index contributed by atoms with van der Waals surface area (Å²) in [6, 6.07) is 9.21. The minimum Gasteiger partial charge on any atom is -0.352 e. The van der Waals surface area contributed by atoms with Crippen LogP contribution in [0.2, 0.25) is 0 Å². The van der Waals surface area contributed by atoms with E-state index in [9.17, 15) is 4.79 Å². The van der Waals surface area contributed by atoms with Gasteiger partial charge in [-0.05, 0) is 31.2 Å². The fourth-order valence-electron chi connectivity index (χ4n) is 2.03. The lowest BCUT2D eigenvalue weighted by molar-refractivity contribution is 0.0954. The molecule has 2 heterocycles. The molecule has 2 aromatic heterocycles. The third-order valence-electron chi connectivity index (χ3n) is 3.07. The van der Waals surface area contributed by atoms with Gasteiger partial charge in [-0.2, -0.15) is 5.10 Å². The first-order valence-electron chi connectivity index (χ1n) is 6.89. The molecule has 0 radical (unpaired) electrons. The number of hydrogen-bond acceptors (Lipinski definition) is 5. The highest BCUT2D eigenvalue weighted by Gasteiger charge is 2.07. The van der Waals surface area contributed by atoms with Gasteiger partial charge in [0.05, 0.1) is 5.69 Å². The van der Waals surface area contributed by atoms with Crippen molar-refractivity contribution < 1.29 is 4.79 Å². The van der Waals surface area contributed by atoms with Gasteiger partial charge >= 0.3 is 0 Å². The minimum absolute atomic E-state index is 0.102. The van der Waals surface area contributed by atoms with E-state index in [0.717, 1.165) is 15.7 Å². The molecular formula is C15H15N5OS. The SMILES string of the molecule is Cc1nnc(CCNC(=O)c2cccc(-n3cccn3)c2)s1. The zero-order chi connectivity index (χ0) is 15.4. The quantitative estimate of drug-likeness (QED) is 0.782. The van der Waals surface area contributed by atoms with Gasteiger partial charge in [0.1, 0.15) is 10.0 Å². The third kappa shape index (κ3) is 3.37. The number of nitrogens with zero attached hydrogens (tertiary/aromatic N) is 4. The van der Waals surface area contributed by atoms with Crippen LogP contribution in [0.5, 0.6) is 0 Å². The smallest absolute Gasteiger partial charge is 0.251 e. The second-order valence-corrected chi connectivity index (χ2v) is 5.99. The summed E-state index contributed by atoms with van der Waals surface area (Å²) in [5.41, 5.74) is 1.47. The first-order chi connectivity index (χ1) is 10.7. The molecule has 0 bridgehead atoms. The molecule has 7 heteroatoms. The van der Waals surface area contributed by atoms with Crippen LogP contribution in [0.1, 0.15) is 20.4 Å². The van der Waals surface area contributed by atoms with Crippen molar-refractivity contribution in [1.82, 2.24) is 25.3 Å². The largest absolute Gasteiger partial charge is 0.352 e. The number of rotatable bonds is 5. The van der Waals surface area contributed by atoms with Crippen molar-refractivity contribution in [3.8, 4) is 5.69 Å². The van der Waals surface area contributed by atoms with E-state index in [-0.39, 0.29) is 5.91 Å². The molecule has 1 N–H and O–H groups in total. The van der Waals surface area contributed by atoms with Crippen LogP contribution in [-0.2, 0) is 6.42 Å². The van der Waals surface area contributed by atoms with Crippen LogP contribution in [0.3, 0.4) is 0 Å². The van der Waals surface area contributed by atoms with Gasteiger partial charge in [-0.15, -0.1) is 21.5 Å². The molecule has 0 aliphatic heterocycles. The van der Waals surface area contributed by atoms with Crippen LogP contribution in [0.4, 0.5) is 0 Å². The average molecular weight is 313 g/mol. The van der Waals surface area contributed by atoms with Crippen LogP contribution < -0.4 is 5.32 Å². The summed E-state index contributed by atoms with van der Waals surface area (Å²) in [6.07, 6.45) is 4.24. The van der Waals surface area contributed by atoms with E-state index in [0.29, 0.717) is 18.5 Å². The molecule has 0 unspecified atom stereocenters. The van der Waals surface area contributed by atoms with Crippen LogP contribution in [0.25, 0.3) is 5.69 Å². The number of benzene rings is 1. The van der Waals surface area contributed by atoms with Gasteiger partial charge in [0.25, 0.3) is 5.91 Å². The summed E-state index contributed by atoms with van der Waals surface area (Å²) >= 11 is 1.55. The highest BCUT2D eigenvalue weighted by atomic mass is 32.1. The number of nitrogens with one attached hydrogen (secondary N) is 1. The Morgan fingerprint density at radius 1 is 1.32 bits per heavy atom. The highest BCUT2D eigenvalue weighted by Crippen LogP contribution is 2.10. The Morgan fingerprint density at radius 3 is 2.95 bits per heavy atom. The zero-order valence-corrected chi connectivity index (χ0v) is 12.9. The van der Waals surface area contributed by atoms with Crippen LogP contribution >= 0.6 is 11.3 Å². The van der Waals surface area contributed by atoms with E-state index in [1.54, 1.807) is 28.3 Å². The van der Waals surface area contributed by atoms with Gasteiger partial charge in [0, 0.05) is 30.9 Å². The molecule has 22 heavy (non-hydrogen) atoms. The number of aromatic nitrogens is 4. The first-order valence-corrected chi connectivity index (χ1v) is 7.71. The van der Waals surface area contributed by atoms with Crippen molar-refractivity contribution in [1.29, 1.82) is 0 Å². The lowest BCUT2D eigenvalue weighted by Crippen LogP contribution is -2.25. The summed E-state index contributed by atoms with van der Waals surface area (Å²) in [5, 5.41) is 16.9. The predicted molar refractivity (Wildman–Crippen MR) is 84.2 cm³/mol. The Morgan fingerprint density at radius 2 is 2.23 bits per heavy atom. The van der Waals surface area contributed by atoms with Crippen molar-refractivity contribution >= 4 is 17.2 Å². The van der Waals surface area contributed by atoms with Gasteiger partial charge in [0.2, 0.25) is 0 Å². The average Bonchev–Trinajstić information content (AvgIpc) is 3.19. The number of aryl methyl sites for hydroxylation is 1. The summed E-state index contributed by atoms with van der Waals surface area (Å²) in [7, 11) is 0. The summed E-state index contributed by atoms with van der Waals surface area (Å²) < 4.78 is 1.72. The molecule has 6 nitrogen and oxygen atoms in total. The number of carbonyl (C=O) groups excluding carboxylic acids is 1. The van der Waals surface area contributed by atoms with E-state index < -0.39 is 0 Å². The lowest BCUT2D eigenvalue weighted by atomic mass is 10.2. The summed E-state index contributed by atoms with van der Waals surface area (Å²) in [4.78, 5) is 12.2. The molecule has 3 aromatic rings. The van der Waals surface area contributed by atoms with E-state index in [4.69, 9.17) is 0 Å². The molecule has 112 valence electrons. The number of hydrogen-bond donors (Lipinski definition) is 1. The highest BCUT2D eigenvalue weighted by molar-refractivity contribution is 7.11. The maximum Gasteiger partial charge on any atom is 0.251 e. The summed E-state index contributed by atoms with van der Waals surface area (Å²) in [5.74, 6) is -0.102. The lowest BCUT2D eigenvalue weighted by Gasteiger charge is -2.06. The fourth-order valence-corrected chi connectivity index (χ4v) is 2.74. The minimum atomic E-state index is -0.102. The molecule has 0 aliphatic rings. The van der Waals surface area contributed by atoms with Gasteiger partial charge in [-0.25, -0.2) is 4.68 Å². The molecule has 0 saturated heterocycles. The van der Waals surface area contributed by atoms with Crippen molar-refractivity contribution in [3.63, 3.8) is 0 Å². The first kappa shape index (κ1) is 14.4. The standard InChI is InChI=1S/C15H15N5OS/c1-11-18-19-14(22-11)6-8-16-15(21)12-4-2-5-13(10-12)20-9-3-7-17-20/h2-5,7,9-10H,6,8H2,1H3,(H,16,21). The molecule has 0 spiro atoms. The van der Waals surface area contributed by atoms with Gasteiger partial charge < -0.3 is 5.32 Å². The molecular weight excluding hydrogens is 298 g/mol. The second-order valence-electron chi connectivity index (χ2n) is 4.72. The number of amides is 1. The van der Waals surface area contributed by atoms with Crippen molar-refractivity contribution in [2.45, 2.75) is 13.3 Å². The van der Waals surface area contributed by atoms with Crippen molar-refractivity contribution in [3.05, 3.63) is 58.3 Å². The molecule has 0 saturated carbocycles. The maximum atomic E-state index is 12.2. The van der Waals surface area contributed by atoms with Crippen LogP contribution in [-0.4, -0.2) is 32.4 Å². The van der Waals surface area contributed by atoms with Crippen LogP contribution in [0.15, 0.2) is 42.7 Å². The van der Waals surface area contributed by atoms with E-state index in [1.165, 1.54) is 0 Å². The molecule has 1 amide bonds. The Bertz CT molecular complexity index is 766. The fraction of sp³-hybridized carbons (Fsp3) is 0.200. The number of carbonyl (C=O) groups is 1. The van der Waals surface area contributed by atoms with E-state index >= 15 is 0 Å². The van der Waals surface area contributed by atoms with Crippen molar-refractivity contribution in [2.75, 3.05) is 6.54 Å². The Balaban J connectivity index is 1.61. The Labute approximate surface area is 131 Å². The predicted octanol–water partition coefficient (Wildman–Crippen LogP) is 2.00. The molecule has 3 rings (SSSR count). The topological polar surface area (TPSA) is 72.7 Å². The monoisotopic (exact) mass is 313 g/mol. The van der Waals surface area contributed by atoms with E-state index in [2.05, 4.69) is 20.6 Å². The zero-order valence-electron chi connectivity index (χ0n) is 12.1. The second kappa shape index (κ2) is 6.48. The normalized spacial score (nSPS) is 10.6. The Kier molecular flexibility index (Phi) is 4.24. The van der Waals surface area contributed by atoms with Gasteiger partial charge in [-0.1, -0.05) is 6.07 Å². The molecule has 0 fully saturated rings. The van der Waals surface area contributed by atoms with E-state index in [1.807, 2.05) is 37.4 Å². The summed E-state index contributed by atoms with van der Waals surface area (Å²) in [6.45, 7) is 2.46.